The third-order valence-electron chi connectivity index (χ3n) is 7.49. The van der Waals surface area contributed by atoms with E-state index in [-0.39, 0.29) is 29.5 Å². The Kier molecular flexibility index (Phi) is 6.43. The number of sulfonamides is 1. The van der Waals surface area contributed by atoms with Crippen molar-refractivity contribution in [2.24, 2.45) is 5.92 Å². The quantitative estimate of drug-likeness (QED) is 0.524. The number of para-hydroxylation sites is 1. The number of rotatable bonds is 5. The molecule has 9 nitrogen and oxygen atoms in total. The molecule has 3 aromatic rings. The lowest BCUT2D eigenvalue weighted by Crippen LogP contribution is -2.53. The summed E-state index contributed by atoms with van der Waals surface area (Å²) in [7, 11) is -3.14. The van der Waals surface area contributed by atoms with Gasteiger partial charge in [0.15, 0.2) is 0 Å². The van der Waals surface area contributed by atoms with Crippen LogP contribution in [0.5, 0.6) is 0 Å². The molecule has 0 amide bonds. The highest BCUT2D eigenvalue weighted by Gasteiger charge is 2.36. The first-order valence-corrected chi connectivity index (χ1v) is 14.2. The molecule has 2 aromatic heterocycles. The molecule has 0 spiro atoms. The molecule has 0 bridgehead atoms. The van der Waals surface area contributed by atoms with E-state index < -0.39 is 10.0 Å². The van der Waals surface area contributed by atoms with Crippen LogP contribution >= 0.6 is 0 Å². The molecule has 0 radical (unpaired) electrons. The zero-order valence-electron chi connectivity index (χ0n) is 20.7. The SMILES string of the molecule is CC(C)c1nn(-c2noc(C3CCN(C4CCN(S(C)(=O)=O)CC4C)CC3)n2)c2c(F)cccc12. The van der Waals surface area contributed by atoms with Gasteiger partial charge in [-0.15, -0.1) is 0 Å². The molecule has 190 valence electrons. The van der Waals surface area contributed by atoms with E-state index in [1.165, 1.54) is 17.0 Å². The Hall–Kier alpha value is -2.37. The molecule has 35 heavy (non-hydrogen) atoms. The Morgan fingerprint density at radius 2 is 1.89 bits per heavy atom. The average molecular weight is 505 g/mol. The van der Waals surface area contributed by atoms with Gasteiger partial charge in [0.1, 0.15) is 11.3 Å². The van der Waals surface area contributed by atoms with E-state index in [9.17, 15) is 12.8 Å². The van der Waals surface area contributed by atoms with Crippen LogP contribution in [0, 0.1) is 11.7 Å². The minimum atomic E-state index is -3.14. The minimum absolute atomic E-state index is 0.128. The number of hydrogen-bond acceptors (Lipinski definition) is 7. The van der Waals surface area contributed by atoms with E-state index in [1.54, 1.807) is 10.4 Å². The maximum absolute atomic E-state index is 14.7. The number of fused-ring (bicyclic) bond motifs is 1. The van der Waals surface area contributed by atoms with Crippen molar-refractivity contribution >= 4 is 20.9 Å². The van der Waals surface area contributed by atoms with Crippen molar-refractivity contribution < 1.29 is 17.3 Å². The van der Waals surface area contributed by atoms with Gasteiger partial charge in [-0.1, -0.05) is 32.9 Å². The predicted molar refractivity (Wildman–Crippen MR) is 131 cm³/mol. The first-order chi connectivity index (χ1) is 16.6. The lowest BCUT2D eigenvalue weighted by atomic mass is 9.89. The van der Waals surface area contributed by atoms with Gasteiger partial charge in [0, 0.05) is 30.4 Å². The number of piperidine rings is 2. The summed E-state index contributed by atoms with van der Waals surface area (Å²) in [6, 6.07) is 5.36. The van der Waals surface area contributed by atoms with Crippen molar-refractivity contribution in [3.05, 3.63) is 35.6 Å². The molecule has 5 rings (SSSR count). The molecular formula is C24H33FN6O3S. The van der Waals surface area contributed by atoms with E-state index in [0.717, 1.165) is 43.4 Å². The highest BCUT2D eigenvalue weighted by atomic mass is 32.2. The van der Waals surface area contributed by atoms with E-state index in [4.69, 9.17) is 4.52 Å². The van der Waals surface area contributed by atoms with Crippen molar-refractivity contribution in [2.75, 3.05) is 32.4 Å². The second kappa shape index (κ2) is 9.25. The van der Waals surface area contributed by atoms with Gasteiger partial charge in [0.25, 0.3) is 5.95 Å². The van der Waals surface area contributed by atoms with E-state index in [1.807, 2.05) is 19.9 Å². The smallest absolute Gasteiger partial charge is 0.291 e. The molecule has 2 saturated heterocycles. The van der Waals surface area contributed by atoms with Crippen molar-refractivity contribution in [1.29, 1.82) is 0 Å². The highest BCUT2D eigenvalue weighted by Crippen LogP contribution is 2.33. The van der Waals surface area contributed by atoms with Gasteiger partial charge in [-0.25, -0.2) is 17.1 Å². The van der Waals surface area contributed by atoms with E-state index in [2.05, 4.69) is 27.1 Å². The molecular weight excluding hydrogens is 471 g/mol. The topological polar surface area (TPSA) is 97.4 Å². The summed E-state index contributed by atoms with van der Waals surface area (Å²) < 4.78 is 47.2. The molecule has 0 N–H and O–H groups in total. The van der Waals surface area contributed by atoms with Crippen LogP contribution < -0.4 is 0 Å². The summed E-state index contributed by atoms with van der Waals surface area (Å²) in [5, 5.41) is 9.53. The summed E-state index contributed by atoms with van der Waals surface area (Å²) in [6.45, 7) is 9.13. The summed E-state index contributed by atoms with van der Waals surface area (Å²) >= 11 is 0. The second-order valence-corrected chi connectivity index (χ2v) is 12.3. The Morgan fingerprint density at radius 3 is 2.54 bits per heavy atom. The molecule has 0 saturated carbocycles. The predicted octanol–water partition coefficient (Wildman–Crippen LogP) is 3.52. The number of hydrogen-bond donors (Lipinski definition) is 0. The van der Waals surface area contributed by atoms with Crippen LogP contribution in [-0.2, 0) is 10.0 Å². The Bertz CT molecular complexity index is 1310. The van der Waals surface area contributed by atoms with E-state index in [0.29, 0.717) is 30.5 Å². The highest BCUT2D eigenvalue weighted by molar-refractivity contribution is 7.88. The number of halogens is 1. The van der Waals surface area contributed by atoms with Crippen LogP contribution in [0.4, 0.5) is 4.39 Å². The lowest BCUT2D eigenvalue weighted by molar-refractivity contribution is 0.0691. The van der Waals surface area contributed by atoms with Crippen molar-refractivity contribution in [2.45, 2.75) is 57.9 Å². The van der Waals surface area contributed by atoms with Crippen LogP contribution in [0.1, 0.15) is 63.5 Å². The first kappa shape index (κ1) is 24.3. The normalized spacial score (nSPS) is 23.5. The molecule has 2 unspecified atom stereocenters. The van der Waals surface area contributed by atoms with Gasteiger partial charge in [-0.3, -0.25) is 4.90 Å². The Balaban J connectivity index is 1.29. The Morgan fingerprint density at radius 1 is 1.14 bits per heavy atom. The zero-order chi connectivity index (χ0) is 24.9. The van der Waals surface area contributed by atoms with Crippen LogP contribution in [-0.4, -0.2) is 76.0 Å². The van der Waals surface area contributed by atoms with Crippen molar-refractivity contribution in [3.8, 4) is 5.95 Å². The lowest BCUT2D eigenvalue weighted by Gasteiger charge is -2.44. The number of likely N-dealkylation sites (tertiary alicyclic amines) is 1. The molecule has 2 aliphatic heterocycles. The number of aromatic nitrogens is 4. The van der Waals surface area contributed by atoms with Crippen LogP contribution in [0.3, 0.4) is 0 Å². The largest absolute Gasteiger partial charge is 0.337 e. The van der Waals surface area contributed by atoms with Gasteiger partial charge in [-0.2, -0.15) is 14.8 Å². The van der Waals surface area contributed by atoms with Crippen LogP contribution in [0.15, 0.2) is 22.7 Å². The van der Waals surface area contributed by atoms with Crippen LogP contribution in [0.2, 0.25) is 0 Å². The molecule has 0 aliphatic carbocycles. The molecule has 4 heterocycles. The van der Waals surface area contributed by atoms with Gasteiger partial charge in [0.05, 0.1) is 11.9 Å². The maximum atomic E-state index is 14.7. The monoisotopic (exact) mass is 504 g/mol. The standard InChI is InChI=1S/C24H33FN6O3S/c1-15(2)21-18-6-5-7-19(25)22(18)31(27-21)24-26-23(34-28-24)17-8-11-29(12-9-17)20-10-13-30(14-16(20)3)35(4,32)33/h5-7,15-17,20H,8-14H2,1-4H3. The molecule has 2 aliphatic rings. The van der Waals surface area contributed by atoms with Crippen molar-refractivity contribution in [1.82, 2.24) is 29.1 Å². The summed E-state index contributed by atoms with van der Waals surface area (Å²) in [5.74, 6) is 0.996. The van der Waals surface area contributed by atoms with Gasteiger partial charge in [-0.05, 0) is 55.4 Å². The Labute approximate surface area is 205 Å². The van der Waals surface area contributed by atoms with Crippen molar-refractivity contribution in [3.63, 3.8) is 0 Å². The van der Waals surface area contributed by atoms with E-state index >= 15 is 0 Å². The fraction of sp³-hybridized carbons (Fsp3) is 0.625. The fourth-order valence-electron chi connectivity index (χ4n) is 5.62. The molecule has 11 heteroatoms. The maximum Gasteiger partial charge on any atom is 0.291 e. The summed E-state index contributed by atoms with van der Waals surface area (Å²) in [6.07, 6.45) is 3.90. The van der Waals surface area contributed by atoms with Gasteiger partial charge >= 0.3 is 0 Å². The first-order valence-electron chi connectivity index (χ1n) is 12.3. The number of benzene rings is 1. The third-order valence-corrected chi connectivity index (χ3v) is 8.76. The second-order valence-electron chi connectivity index (χ2n) is 10.3. The fourth-order valence-corrected chi connectivity index (χ4v) is 6.56. The zero-order valence-corrected chi connectivity index (χ0v) is 21.5. The summed E-state index contributed by atoms with van der Waals surface area (Å²) in [4.78, 5) is 7.10. The minimum Gasteiger partial charge on any atom is -0.337 e. The third kappa shape index (κ3) is 4.61. The molecule has 2 atom stereocenters. The molecule has 2 fully saturated rings. The van der Waals surface area contributed by atoms with Crippen LogP contribution in [0.25, 0.3) is 16.9 Å². The van der Waals surface area contributed by atoms with Gasteiger partial charge in [0.2, 0.25) is 15.9 Å². The average Bonchev–Trinajstić information content (AvgIpc) is 3.44. The van der Waals surface area contributed by atoms with Gasteiger partial charge < -0.3 is 4.52 Å². The number of nitrogens with zero attached hydrogens (tertiary/aromatic N) is 6. The summed E-state index contributed by atoms with van der Waals surface area (Å²) in [5.41, 5.74) is 1.17. The molecule has 1 aromatic carbocycles.